The van der Waals surface area contributed by atoms with Crippen LogP contribution in [0.2, 0.25) is 0 Å². The van der Waals surface area contributed by atoms with Crippen LogP contribution in [-0.4, -0.2) is 45.0 Å². The zero-order valence-electron chi connectivity index (χ0n) is 12.2. The maximum absolute atomic E-state index is 4.36. The molecule has 21 heavy (non-hydrogen) atoms. The molecule has 1 fully saturated rings. The average Bonchev–Trinajstić information content (AvgIpc) is 3.15. The Morgan fingerprint density at radius 3 is 3.14 bits per heavy atom. The highest BCUT2D eigenvalue weighted by Crippen LogP contribution is 2.25. The fourth-order valence-electron chi connectivity index (χ4n) is 3.16. The van der Waals surface area contributed by atoms with Gasteiger partial charge in [0.2, 0.25) is 0 Å². The van der Waals surface area contributed by atoms with E-state index in [9.17, 15) is 0 Å². The lowest BCUT2D eigenvalue weighted by Gasteiger charge is -2.29. The highest BCUT2D eigenvalue weighted by Gasteiger charge is 2.20. The number of hydrogen-bond acceptors (Lipinski definition) is 3. The molecule has 1 N–H and O–H groups in total. The van der Waals surface area contributed by atoms with E-state index in [4.69, 9.17) is 0 Å². The minimum Gasteiger partial charge on any atom is -0.361 e. The van der Waals surface area contributed by atoms with Gasteiger partial charge in [0.15, 0.2) is 0 Å². The number of fused-ring (bicyclic) bond motifs is 1. The van der Waals surface area contributed by atoms with E-state index in [-0.39, 0.29) is 0 Å². The summed E-state index contributed by atoms with van der Waals surface area (Å²) in [6.07, 6.45) is 6.45. The summed E-state index contributed by atoms with van der Waals surface area (Å²) < 4.78 is 2.03. The van der Waals surface area contributed by atoms with E-state index >= 15 is 0 Å². The number of H-pyrrole nitrogens is 1. The second kappa shape index (κ2) is 5.00. The van der Waals surface area contributed by atoms with Crippen molar-refractivity contribution in [2.45, 2.75) is 18.9 Å². The predicted molar refractivity (Wildman–Crippen MR) is 83.1 cm³/mol. The molecule has 2 aromatic heterocycles. The summed E-state index contributed by atoms with van der Waals surface area (Å²) >= 11 is 0. The van der Waals surface area contributed by atoms with Crippen molar-refractivity contribution < 1.29 is 0 Å². The van der Waals surface area contributed by atoms with Gasteiger partial charge in [0.05, 0.1) is 12.2 Å². The molecule has 108 valence electrons. The first-order chi connectivity index (χ1) is 10.3. The number of likely N-dealkylation sites (N-methyl/N-ethyl adjacent to an activating group) is 1. The van der Waals surface area contributed by atoms with Crippen molar-refractivity contribution in [2.75, 3.05) is 20.1 Å². The molecule has 0 amide bonds. The molecular formula is C16H19N5. The summed E-state index contributed by atoms with van der Waals surface area (Å²) in [6.45, 7) is 2.24. The Labute approximate surface area is 123 Å². The van der Waals surface area contributed by atoms with Crippen molar-refractivity contribution in [1.29, 1.82) is 0 Å². The zero-order chi connectivity index (χ0) is 14.2. The molecule has 1 aliphatic heterocycles. The summed E-state index contributed by atoms with van der Waals surface area (Å²) in [6, 6.07) is 8.88. The number of benzene rings is 1. The SMILES string of the molecule is CN1CCCC(n2cc(-c3ccc4[nH]ccc4c3)nn2)C1. The van der Waals surface area contributed by atoms with Crippen LogP contribution in [0, 0.1) is 0 Å². The van der Waals surface area contributed by atoms with Crippen molar-refractivity contribution in [3.63, 3.8) is 0 Å². The molecule has 3 aromatic rings. The second-order valence-corrected chi connectivity index (χ2v) is 5.92. The molecule has 0 radical (unpaired) electrons. The Hall–Kier alpha value is -2.14. The van der Waals surface area contributed by atoms with Gasteiger partial charge >= 0.3 is 0 Å². The Morgan fingerprint density at radius 2 is 2.24 bits per heavy atom. The number of hydrogen-bond donors (Lipinski definition) is 1. The van der Waals surface area contributed by atoms with Gasteiger partial charge in [-0.05, 0) is 44.6 Å². The number of piperidine rings is 1. The number of nitrogens with one attached hydrogen (secondary N) is 1. The van der Waals surface area contributed by atoms with E-state index in [0.717, 1.165) is 23.3 Å². The smallest absolute Gasteiger partial charge is 0.113 e. The first-order valence-corrected chi connectivity index (χ1v) is 7.47. The van der Waals surface area contributed by atoms with E-state index in [2.05, 4.69) is 57.7 Å². The first-order valence-electron chi connectivity index (χ1n) is 7.47. The largest absolute Gasteiger partial charge is 0.361 e. The van der Waals surface area contributed by atoms with Crippen LogP contribution in [0.15, 0.2) is 36.7 Å². The molecule has 4 rings (SSSR count). The minimum atomic E-state index is 0.445. The van der Waals surface area contributed by atoms with Crippen molar-refractivity contribution >= 4 is 10.9 Å². The van der Waals surface area contributed by atoms with Crippen LogP contribution in [0.25, 0.3) is 22.2 Å². The topological polar surface area (TPSA) is 49.7 Å². The Bertz CT molecular complexity index is 757. The van der Waals surface area contributed by atoms with Gasteiger partial charge in [-0.25, -0.2) is 4.68 Å². The van der Waals surface area contributed by atoms with E-state index in [1.165, 1.54) is 24.8 Å². The van der Waals surface area contributed by atoms with Gasteiger partial charge < -0.3 is 9.88 Å². The molecule has 3 heterocycles. The molecule has 0 aliphatic carbocycles. The summed E-state index contributed by atoms with van der Waals surface area (Å²) in [7, 11) is 2.17. The van der Waals surface area contributed by atoms with Gasteiger partial charge in [0.1, 0.15) is 5.69 Å². The standard InChI is InChI=1S/C16H19N5/c1-20-8-2-3-14(10-20)21-11-16(18-19-21)12-4-5-15-13(9-12)6-7-17-15/h4-7,9,11,14,17H,2-3,8,10H2,1H3. The Morgan fingerprint density at radius 1 is 1.29 bits per heavy atom. The molecule has 5 nitrogen and oxygen atoms in total. The highest BCUT2D eigenvalue weighted by atomic mass is 15.4. The molecule has 1 atom stereocenters. The molecule has 1 aliphatic rings. The van der Waals surface area contributed by atoms with E-state index in [1.807, 2.05) is 10.9 Å². The lowest BCUT2D eigenvalue weighted by Crippen LogP contribution is -2.33. The molecule has 0 spiro atoms. The fourth-order valence-corrected chi connectivity index (χ4v) is 3.16. The zero-order valence-corrected chi connectivity index (χ0v) is 12.2. The van der Waals surface area contributed by atoms with Crippen LogP contribution < -0.4 is 0 Å². The lowest BCUT2D eigenvalue weighted by molar-refractivity contribution is 0.201. The molecule has 1 aromatic carbocycles. The quantitative estimate of drug-likeness (QED) is 0.785. The summed E-state index contributed by atoms with van der Waals surface area (Å²) in [5.41, 5.74) is 3.23. The van der Waals surface area contributed by atoms with Crippen molar-refractivity contribution in [3.05, 3.63) is 36.7 Å². The van der Waals surface area contributed by atoms with Gasteiger partial charge in [-0.2, -0.15) is 0 Å². The summed E-state index contributed by atoms with van der Waals surface area (Å²) in [4.78, 5) is 5.58. The third-order valence-electron chi connectivity index (χ3n) is 4.33. The third-order valence-corrected chi connectivity index (χ3v) is 4.33. The molecule has 5 heteroatoms. The van der Waals surface area contributed by atoms with Gasteiger partial charge in [0, 0.05) is 29.2 Å². The van der Waals surface area contributed by atoms with E-state index in [1.54, 1.807) is 0 Å². The van der Waals surface area contributed by atoms with Gasteiger partial charge in [0.25, 0.3) is 0 Å². The fraction of sp³-hybridized carbons (Fsp3) is 0.375. The lowest BCUT2D eigenvalue weighted by atomic mass is 10.1. The number of aromatic amines is 1. The van der Waals surface area contributed by atoms with Gasteiger partial charge in [-0.1, -0.05) is 11.3 Å². The van der Waals surface area contributed by atoms with E-state index < -0.39 is 0 Å². The third kappa shape index (κ3) is 2.34. The Balaban J connectivity index is 1.63. The maximum Gasteiger partial charge on any atom is 0.113 e. The predicted octanol–water partition coefficient (Wildman–Crippen LogP) is 2.69. The normalized spacial score (nSPS) is 20.1. The van der Waals surface area contributed by atoms with Gasteiger partial charge in [-0.3, -0.25) is 0 Å². The number of nitrogens with zero attached hydrogens (tertiary/aromatic N) is 4. The molecule has 0 bridgehead atoms. The second-order valence-electron chi connectivity index (χ2n) is 5.92. The number of aromatic nitrogens is 4. The van der Waals surface area contributed by atoms with Crippen LogP contribution >= 0.6 is 0 Å². The van der Waals surface area contributed by atoms with Crippen LogP contribution in [-0.2, 0) is 0 Å². The maximum atomic E-state index is 4.36. The van der Waals surface area contributed by atoms with Crippen LogP contribution in [0.1, 0.15) is 18.9 Å². The van der Waals surface area contributed by atoms with Crippen molar-refractivity contribution in [3.8, 4) is 11.3 Å². The summed E-state index contributed by atoms with van der Waals surface area (Å²) in [5.74, 6) is 0. The van der Waals surface area contributed by atoms with Crippen molar-refractivity contribution in [2.24, 2.45) is 0 Å². The monoisotopic (exact) mass is 281 g/mol. The van der Waals surface area contributed by atoms with Crippen LogP contribution in [0.4, 0.5) is 0 Å². The molecular weight excluding hydrogens is 262 g/mol. The highest BCUT2D eigenvalue weighted by molar-refractivity contribution is 5.84. The molecule has 0 saturated carbocycles. The first kappa shape index (κ1) is 12.6. The summed E-state index contributed by atoms with van der Waals surface area (Å²) in [5, 5.41) is 9.92. The molecule has 1 unspecified atom stereocenters. The minimum absolute atomic E-state index is 0.445. The number of likely N-dealkylation sites (tertiary alicyclic amines) is 1. The van der Waals surface area contributed by atoms with Crippen LogP contribution in [0.3, 0.4) is 0 Å². The van der Waals surface area contributed by atoms with Crippen LogP contribution in [0.5, 0.6) is 0 Å². The van der Waals surface area contributed by atoms with Gasteiger partial charge in [-0.15, -0.1) is 5.10 Å². The number of rotatable bonds is 2. The molecule has 1 saturated heterocycles. The Kier molecular flexibility index (Phi) is 3.00. The average molecular weight is 281 g/mol. The van der Waals surface area contributed by atoms with Crippen molar-refractivity contribution in [1.82, 2.24) is 24.9 Å². The van der Waals surface area contributed by atoms with E-state index in [0.29, 0.717) is 6.04 Å².